The molecule has 0 saturated heterocycles. The van der Waals surface area contributed by atoms with E-state index in [2.05, 4.69) is 10.6 Å². The zero-order valence-electron chi connectivity index (χ0n) is 11.8. The predicted molar refractivity (Wildman–Crippen MR) is 86.5 cm³/mol. The third-order valence-electron chi connectivity index (χ3n) is 3.04. The van der Waals surface area contributed by atoms with Crippen molar-refractivity contribution >= 4 is 34.7 Å². The molecular weight excluding hydrogens is 284 g/mol. The van der Waals surface area contributed by atoms with Gasteiger partial charge in [0.25, 0.3) is 0 Å². The number of aromatic carboxylic acids is 1. The minimum atomic E-state index is -1.24. The summed E-state index contributed by atoms with van der Waals surface area (Å²) < 4.78 is 0. The van der Waals surface area contributed by atoms with Crippen molar-refractivity contribution < 1.29 is 9.90 Å². The molecule has 0 aliphatic carbocycles. The molecule has 0 atom stereocenters. The Balaban J connectivity index is 2.16. The molecular formula is C16H15N2O2S-. The highest BCUT2D eigenvalue weighted by Gasteiger charge is 2.06. The molecule has 2 aromatic carbocycles. The first-order valence-electron chi connectivity index (χ1n) is 6.43. The minimum absolute atomic E-state index is 0.0719. The van der Waals surface area contributed by atoms with Gasteiger partial charge in [-0.3, -0.25) is 0 Å². The molecule has 0 bridgehead atoms. The van der Waals surface area contributed by atoms with Crippen molar-refractivity contribution in [2.45, 2.75) is 13.8 Å². The number of carboxylic acid groups (broad SMARTS) is 1. The number of anilines is 2. The van der Waals surface area contributed by atoms with Crippen LogP contribution in [0.2, 0.25) is 0 Å². The largest absolute Gasteiger partial charge is 0.545 e. The third kappa shape index (κ3) is 3.79. The molecule has 0 aliphatic heterocycles. The molecule has 2 N–H and O–H groups in total. The number of thiocarbonyl (C=S) groups is 1. The summed E-state index contributed by atoms with van der Waals surface area (Å²) in [6.07, 6.45) is 0. The maximum atomic E-state index is 11.0. The molecule has 0 fully saturated rings. The predicted octanol–water partition coefficient (Wildman–Crippen LogP) is 2.48. The molecule has 2 rings (SSSR count). The Morgan fingerprint density at radius 1 is 1.05 bits per heavy atom. The lowest BCUT2D eigenvalue weighted by Gasteiger charge is -2.16. The molecule has 4 nitrogen and oxygen atoms in total. The first kappa shape index (κ1) is 15.0. The van der Waals surface area contributed by atoms with Crippen LogP contribution in [0.5, 0.6) is 0 Å². The Kier molecular flexibility index (Phi) is 4.55. The molecule has 0 amide bonds. The summed E-state index contributed by atoms with van der Waals surface area (Å²) >= 11 is 5.23. The van der Waals surface area contributed by atoms with E-state index in [1.54, 1.807) is 18.2 Å². The number of carboxylic acids is 1. The Hall–Kier alpha value is -2.40. The van der Waals surface area contributed by atoms with Gasteiger partial charge in [0.15, 0.2) is 5.11 Å². The van der Waals surface area contributed by atoms with E-state index in [1.807, 2.05) is 32.0 Å². The maximum Gasteiger partial charge on any atom is 0.175 e. The summed E-state index contributed by atoms with van der Waals surface area (Å²) in [6.45, 7) is 3.96. The van der Waals surface area contributed by atoms with E-state index in [0.717, 1.165) is 16.8 Å². The smallest absolute Gasteiger partial charge is 0.175 e. The molecule has 0 aromatic heterocycles. The van der Waals surface area contributed by atoms with Crippen LogP contribution in [0.3, 0.4) is 0 Å². The van der Waals surface area contributed by atoms with Gasteiger partial charge in [-0.15, -0.1) is 0 Å². The molecule has 21 heavy (non-hydrogen) atoms. The number of aryl methyl sites for hydroxylation is 2. The van der Waals surface area contributed by atoms with E-state index in [1.165, 1.54) is 6.07 Å². The van der Waals surface area contributed by atoms with Gasteiger partial charge in [-0.2, -0.15) is 0 Å². The SMILES string of the molecule is Cc1ccc(C)c(NC(=S)Nc2ccccc2C(=O)[O-])c1. The van der Waals surface area contributed by atoms with E-state index in [0.29, 0.717) is 10.8 Å². The Morgan fingerprint density at radius 2 is 1.71 bits per heavy atom. The Bertz CT molecular complexity index is 698. The van der Waals surface area contributed by atoms with Crippen molar-refractivity contribution in [2.24, 2.45) is 0 Å². The quantitative estimate of drug-likeness (QED) is 0.853. The Morgan fingerprint density at radius 3 is 2.43 bits per heavy atom. The number of rotatable bonds is 3. The average Bonchev–Trinajstić information content (AvgIpc) is 2.43. The lowest BCUT2D eigenvalue weighted by Crippen LogP contribution is -2.26. The standard InChI is InChI=1S/C16H16N2O2S/c1-10-7-8-11(2)14(9-10)18-16(21)17-13-6-4-3-5-12(13)15(19)20/h3-9H,1-2H3,(H,19,20)(H2,17,18,21)/p-1. The first-order chi connectivity index (χ1) is 9.97. The number of nitrogens with one attached hydrogen (secondary N) is 2. The summed E-state index contributed by atoms with van der Waals surface area (Å²) in [6, 6.07) is 12.5. The molecule has 2 aromatic rings. The molecule has 108 valence electrons. The van der Waals surface area contributed by atoms with Crippen LogP contribution in [0, 0.1) is 13.8 Å². The van der Waals surface area contributed by atoms with Crippen molar-refractivity contribution in [2.75, 3.05) is 10.6 Å². The topological polar surface area (TPSA) is 64.2 Å². The highest BCUT2D eigenvalue weighted by atomic mass is 32.1. The first-order valence-corrected chi connectivity index (χ1v) is 6.84. The van der Waals surface area contributed by atoms with Gasteiger partial charge >= 0.3 is 0 Å². The second kappa shape index (κ2) is 6.37. The maximum absolute atomic E-state index is 11.0. The third-order valence-corrected chi connectivity index (χ3v) is 3.24. The number of carbonyl (C=O) groups is 1. The zero-order chi connectivity index (χ0) is 15.4. The van der Waals surface area contributed by atoms with Crippen LogP contribution >= 0.6 is 12.2 Å². The number of hydrogen-bond donors (Lipinski definition) is 2. The number of para-hydroxylation sites is 1. The number of carbonyl (C=O) groups excluding carboxylic acids is 1. The highest BCUT2D eigenvalue weighted by Crippen LogP contribution is 2.18. The fraction of sp³-hybridized carbons (Fsp3) is 0.125. The van der Waals surface area contributed by atoms with E-state index in [9.17, 15) is 9.90 Å². The van der Waals surface area contributed by atoms with Crippen LogP contribution in [0.25, 0.3) is 0 Å². The molecule has 0 aliphatic rings. The summed E-state index contributed by atoms with van der Waals surface area (Å²) in [5.41, 5.74) is 3.53. The number of benzene rings is 2. The van der Waals surface area contributed by atoms with E-state index >= 15 is 0 Å². The summed E-state index contributed by atoms with van der Waals surface area (Å²) in [5, 5.41) is 17.3. The summed E-state index contributed by atoms with van der Waals surface area (Å²) in [5.74, 6) is -1.24. The fourth-order valence-electron chi connectivity index (χ4n) is 1.92. The monoisotopic (exact) mass is 299 g/mol. The van der Waals surface area contributed by atoms with E-state index in [-0.39, 0.29) is 5.56 Å². The van der Waals surface area contributed by atoms with Gasteiger partial charge in [0.1, 0.15) is 0 Å². The van der Waals surface area contributed by atoms with Crippen molar-refractivity contribution in [3.05, 3.63) is 59.2 Å². The van der Waals surface area contributed by atoms with Crippen LogP contribution in [0.1, 0.15) is 21.5 Å². The summed E-state index contributed by atoms with van der Waals surface area (Å²) in [7, 11) is 0. The second-order valence-corrected chi connectivity index (χ2v) is 5.14. The van der Waals surface area contributed by atoms with Crippen molar-refractivity contribution in [1.29, 1.82) is 0 Å². The van der Waals surface area contributed by atoms with Crippen molar-refractivity contribution in [3.8, 4) is 0 Å². The van der Waals surface area contributed by atoms with E-state index < -0.39 is 5.97 Å². The van der Waals surface area contributed by atoms with Crippen LogP contribution < -0.4 is 15.7 Å². The van der Waals surface area contributed by atoms with Gasteiger partial charge in [-0.1, -0.05) is 30.3 Å². The molecule has 0 radical (unpaired) electrons. The normalized spacial score (nSPS) is 10.0. The summed E-state index contributed by atoms with van der Waals surface area (Å²) in [4.78, 5) is 11.0. The molecule has 5 heteroatoms. The van der Waals surface area contributed by atoms with Gasteiger partial charge in [-0.05, 0) is 49.3 Å². The lowest BCUT2D eigenvalue weighted by molar-refractivity contribution is -0.254. The molecule has 0 saturated carbocycles. The fourth-order valence-corrected chi connectivity index (χ4v) is 2.14. The average molecular weight is 299 g/mol. The van der Waals surface area contributed by atoms with Gasteiger partial charge < -0.3 is 20.5 Å². The lowest BCUT2D eigenvalue weighted by atomic mass is 10.1. The Labute approximate surface area is 128 Å². The van der Waals surface area contributed by atoms with Crippen molar-refractivity contribution in [1.82, 2.24) is 0 Å². The van der Waals surface area contributed by atoms with Crippen molar-refractivity contribution in [3.63, 3.8) is 0 Å². The van der Waals surface area contributed by atoms with Gasteiger partial charge in [0.05, 0.1) is 5.97 Å². The molecule has 0 unspecified atom stereocenters. The second-order valence-electron chi connectivity index (χ2n) is 4.73. The van der Waals surface area contributed by atoms with Crippen LogP contribution in [0.15, 0.2) is 42.5 Å². The minimum Gasteiger partial charge on any atom is -0.545 e. The van der Waals surface area contributed by atoms with Crippen LogP contribution in [0.4, 0.5) is 11.4 Å². The number of hydrogen-bond acceptors (Lipinski definition) is 3. The van der Waals surface area contributed by atoms with Gasteiger partial charge in [0.2, 0.25) is 0 Å². The van der Waals surface area contributed by atoms with Gasteiger partial charge in [-0.25, -0.2) is 0 Å². The van der Waals surface area contributed by atoms with Gasteiger partial charge in [0, 0.05) is 16.9 Å². The molecule has 0 spiro atoms. The van der Waals surface area contributed by atoms with E-state index in [4.69, 9.17) is 12.2 Å². The molecule has 0 heterocycles. The highest BCUT2D eigenvalue weighted by molar-refractivity contribution is 7.80. The van der Waals surface area contributed by atoms with Crippen LogP contribution in [-0.2, 0) is 0 Å². The zero-order valence-corrected chi connectivity index (χ0v) is 12.6. The van der Waals surface area contributed by atoms with Crippen LogP contribution in [-0.4, -0.2) is 11.1 Å².